The molecule has 0 aliphatic carbocycles. The van der Waals surface area contributed by atoms with Crippen molar-refractivity contribution >= 4 is 23.3 Å². The zero-order chi connectivity index (χ0) is 16.6. The van der Waals surface area contributed by atoms with E-state index in [9.17, 15) is 9.59 Å². The molecule has 1 atom stereocenters. The molecule has 6 heteroatoms. The Kier molecular flexibility index (Phi) is 4.02. The Morgan fingerprint density at radius 1 is 1.48 bits per heavy atom. The number of hydrogen-bond acceptors (Lipinski definition) is 4. The maximum absolute atomic E-state index is 12.9. The van der Waals surface area contributed by atoms with Crippen LogP contribution in [0, 0.1) is 0 Å². The van der Waals surface area contributed by atoms with E-state index >= 15 is 0 Å². The number of ether oxygens (including phenoxy) is 1. The van der Waals surface area contributed by atoms with E-state index in [4.69, 9.17) is 9.15 Å². The molecule has 1 unspecified atom stereocenters. The van der Waals surface area contributed by atoms with Gasteiger partial charge in [0.15, 0.2) is 5.58 Å². The molecular weight excluding hydrogens is 296 g/mol. The first kappa shape index (κ1) is 15.8. The Balaban J connectivity index is 1.85. The molecule has 0 saturated carbocycles. The van der Waals surface area contributed by atoms with Gasteiger partial charge < -0.3 is 23.4 Å². The molecule has 0 spiro atoms. The van der Waals surface area contributed by atoms with Crippen LogP contribution in [0.15, 0.2) is 22.8 Å². The molecular formula is C17H22N2O4. The summed E-state index contributed by atoms with van der Waals surface area (Å²) in [5.41, 5.74) is 1.24. The van der Waals surface area contributed by atoms with E-state index in [-0.39, 0.29) is 12.0 Å². The summed E-state index contributed by atoms with van der Waals surface area (Å²) in [4.78, 5) is 26.2. The van der Waals surface area contributed by atoms with E-state index in [1.807, 2.05) is 24.5 Å². The standard InChI is InChI=1S/C17H22N2O4/c1-12(2)22-7-4-6-19-16(21)14-9-15-13(5-8-23-15)18(14)10-17(19,3)11-20/h5,8-9,11-12H,4,6-7,10H2,1-3H3. The highest BCUT2D eigenvalue weighted by Gasteiger charge is 2.42. The normalized spacial score (nSPS) is 21.2. The molecule has 1 aliphatic rings. The van der Waals surface area contributed by atoms with Crippen LogP contribution in [0.25, 0.3) is 11.1 Å². The third kappa shape index (κ3) is 2.67. The molecule has 0 N–H and O–H groups in total. The van der Waals surface area contributed by atoms with E-state index in [0.717, 1.165) is 11.8 Å². The minimum absolute atomic E-state index is 0.137. The van der Waals surface area contributed by atoms with Crippen LogP contribution < -0.4 is 0 Å². The Labute approximate surface area is 135 Å². The van der Waals surface area contributed by atoms with E-state index in [1.54, 1.807) is 24.2 Å². The summed E-state index contributed by atoms with van der Waals surface area (Å²) in [5, 5.41) is 0. The lowest BCUT2D eigenvalue weighted by Gasteiger charge is -2.41. The number of hydrogen-bond donors (Lipinski definition) is 0. The van der Waals surface area contributed by atoms with Crippen molar-refractivity contribution in [1.29, 1.82) is 0 Å². The van der Waals surface area contributed by atoms with Gasteiger partial charge in [-0.2, -0.15) is 0 Å². The number of rotatable bonds is 6. The lowest BCUT2D eigenvalue weighted by molar-refractivity contribution is -0.118. The van der Waals surface area contributed by atoms with E-state index < -0.39 is 5.54 Å². The second-order valence-corrected chi connectivity index (χ2v) is 6.49. The summed E-state index contributed by atoms with van der Waals surface area (Å²) in [5.74, 6) is -0.137. The summed E-state index contributed by atoms with van der Waals surface area (Å²) in [6, 6.07) is 3.57. The fraction of sp³-hybridized carbons (Fsp3) is 0.529. The van der Waals surface area contributed by atoms with Gasteiger partial charge in [0.05, 0.1) is 24.4 Å². The number of carbonyl (C=O) groups excluding carboxylic acids is 2. The molecule has 0 fully saturated rings. The van der Waals surface area contributed by atoms with Crippen LogP contribution in [-0.2, 0) is 16.1 Å². The number of aldehydes is 1. The number of aromatic nitrogens is 1. The molecule has 23 heavy (non-hydrogen) atoms. The minimum Gasteiger partial charge on any atom is -0.463 e. The van der Waals surface area contributed by atoms with E-state index in [1.165, 1.54) is 0 Å². The Bertz CT molecular complexity index is 730. The first-order chi connectivity index (χ1) is 11.0. The van der Waals surface area contributed by atoms with Crippen molar-refractivity contribution in [3.8, 4) is 0 Å². The molecule has 6 nitrogen and oxygen atoms in total. The van der Waals surface area contributed by atoms with Crippen molar-refractivity contribution in [2.24, 2.45) is 0 Å². The van der Waals surface area contributed by atoms with Crippen LogP contribution in [0.2, 0.25) is 0 Å². The molecule has 2 aromatic heterocycles. The fourth-order valence-corrected chi connectivity index (χ4v) is 3.10. The average Bonchev–Trinajstić information content (AvgIpc) is 3.08. The van der Waals surface area contributed by atoms with Crippen LogP contribution in [0.3, 0.4) is 0 Å². The highest BCUT2D eigenvalue weighted by atomic mass is 16.5. The molecule has 0 radical (unpaired) electrons. The third-order valence-corrected chi connectivity index (χ3v) is 4.31. The van der Waals surface area contributed by atoms with Gasteiger partial charge in [0.1, 0.15) is 17.5 Å². The monoisotopic (exact) mass is 318 g/mol. The third-order valence-electron chi connectivity index (χ3n) is 4.31. The maximum Gasteiger partial charge on any atom is 0.271 e. The van der Waals surface area contributed by atoms with Crippen molar-refractivity contribution in [2.45, 2.75) is 45.4 Å². The zero-order valence-electron chi connectivity index (χ0n) is 13.7. The zero-order valence-corrected chi connectivity index (χ0v) is 13.7. The lowest BCUT2D eigenvalue weighted by atomic mass is 9.98. The first-order valence-corrected chi connectivity index (χ1v) is 7.93. The summed E-state index contributed by atoms with van der Waals surface area (Å²) in [6.07, 6.45) is 3.32. The van der Waals surface area contributed by atoms with Crippen molar-refractivity contribution < 1.29 is 18.7 Å². The van der Waals surface area contributed by atoms with Gasteiger partial charge in [0.25, 0.3) is 5.91 Å². The van der Waals surface area contributed by atoms with Crippen molar-refractivity contribution in [1.82, 2.24) is 9.47 Å². The lowest BCUT2D eigenvalue weighted by Crippen LogP contribution is -2.57. The Morgan fingerprint density at radius 2 is 2.26 bits per heavy atom. The number of fused-ring (bicyclic) bond motifs is 3. The molecule has 0 aromatic carbocycles. The SMILES string of the molecule is CC(C)OCCCN1C(=O)c2cc3occc3n2CC1(C)C=O. The second-order valence-electron chi connectivity index (χ2n) is 6.49. The van der Waals surface area contributed by atoms with Gasteiger partial charge in [-0.1, -0.05) is 0 Å². The van der Waals surface area contributed by atoms with Gasteiger partial charge in [-0.3, -0.25) is 4.79 Å². The molecule has 3 heterocycles. The van der Waals surface area contributed by atoms with Gasteiger partial charge >= 0.3 is 0 Å². The predicted octanol–water partition coefficient (Wildman–Crippen LogP) is 2.46. The maximum atomic E-state index is 12.9. The van der Waals surface area contributed by atoms with Crippen LogP contribution in [-0.4, -0.2) is 46.5 Å². The van der Waals surface area contributed by atoms with E-state index in [0.29, 0.717) is 37.4 Å². The van der Waals surface area contributed by atoms with Gasteiger partial charge in [0.2, 0.25) is 0 Å². The van der Waals surface area contributed by atoms with Crippen molar-refractivity contribution in [3.63, 3.8) is 0 Å². The quantitative estimate of drug-likeness (QED) is 0.606. The predicted molar refractivity (Wildman–Crippen MR) is 85.4 cm³/mol. The molecule has 124 valence electrons. The molecule has 1 amide bonds. The van der Waals surface area contributed by atoms with Crippen LogP contribution >= 0.6 is 0 Å². The first-order valence-electron chi connectivity index (χ1n) is 7.93. The number of carbonyl (C=O) groups is 2. The molecule has 2 aromatic rings. The topological polar surface area (TPSA) is 64.7 Å². The largest absolute Gasteiger partial charge is 0.463 e. The highest BCUT2D eigenvalue weighted by Crippen LogP contribution is 2.31. The molecule has 0 bridgehead atoms. The van der Waals surface area contributed by atoms with Gasteiger partial charge in [-0.25, -0.2) is 0 Å². The smallest absolute Gasteiger partial charge is 0.271 e. The second kappa shape index (κ2) is 5.85. The van der Waals surface area contributed by atoms with E-state index in [2.05, 4.69) is 0 Å². The van der Waals surface area contributed by atoms with Gasteiger partial charge in [0, 0.05) is 25.3 Å². The van der Waals surface area contributed by atoms with Crippen LogP contribution in [0.4, 0.5) is 0 Å². The van der Waals surface area contributed by atoms with Crippen molar-refractivity contribution in [3.05, 3.63) is 24.1 Å². The van der Waals surface area contributed by atoms with Crippen LogP contribution in [0.5, 0.6) is 0 Å². The number of furan rings is 1. The average molecular weight is 318 g/mol. The minimum atomic E-state index is -0.856. The molecule has 1 aliphatic heterocycles. The van der Waals surface area contributed by atoms with Crippen molar-refractivity contribution in [2.75, 3.05) is 13.2 Å². The summed E-state index contributed by atoms with van der Waals surface area (Å²) >= 11 is 0. The van der Waals surface area contributed by atoms with Crippen LogP contribution in [0.1, 0.15) is 37.7 Å². The highest BCUT2D eigenvalue weighted by molar-refractivity contribution is 6.00. The van der Waals surface area contributed by atoms with Gasteiger partial charge in [-0.05, 0) is 27.2 Å². The molecule has 3 rings (SSSR count). The summed E-state index contributed by atoms with van der Waals surface area (Å²) in [6.45, 7) is 7.25. The Hall–Kier alpha value is -2.08. The molecule has 0 saturated heterocycles. The summed E-state index contributed by atoms with van der Waals surface area (Å²) in [7, 11) is 0. The van der Waals surface area contributed by atoms with Gasteiger partial charge in [-0.15, -0.1) is 0 Å². The fourth-order valence-electron chi connectivity index (χ4n) is 3.10. The number of amides is 1. The Morgan fingerprint density at radius 3 is 2.96 bits per heavy atom. The summed E-state index contributed by atoms with van der Waals surface area (Å²) < 4.78 is 12.8. The number of nitrogens with zero attached hydrogens (tertiary/aromatic N) is 2.